The fourth-order valence-corrected chi connectivity index (χ4v) is 4.01. The molecule has 0 bridgehead atoms. The predicted molar refractivity (Wildman–Crippen MR) is 137 cm³/mol. The number of rotatable bonds is 7. The average Bonchev–Trinajstić information content (AvgIpc) is 3.08. The highest BCUT2D eigenvalue weighted by molar-refractivity contribution is 6.53. The highest BCUT2D eigenvalue weighted by Gasteiger charge is 2.39. The molecule has 2 N–H and O–H groups in total. The molecule has 3 aromatic carbocycles. The van der Waals surface area contributed by atoms with E-state index in [0.717, 1.165) is 17.0 Å². The summed E-state index contributed by atoms with van der Waals surface area (Å²) in [7, 11) is 0. The van der Waals surface area contributed by atoms with Crippen LogP contribution < -0.4 is 20.3 Å². The lowest BCUT2D eigenvalue weighted by Crippen LogP contribution is -2.32. The molecule has 12 heteroatoms. The first-order chi connectivity index (χ1) is 18.0. The molecule has 1 aliphatic rings. The summed E-state index contributed by atoms with van der Waals surface area (Å²) in [6, 6.07) is 15.1. The van der Waals surface area contributed by atoms with Crippen molar-refractivity contribution in [3.8, 4) is 5.75 Å². The minimum absolute atomic E-state index is 0.0877. The molecule has 0 saturated heterocycles. The summed E-state index contributed by atoms with van der Waals surface area (Å²) in [5, 5.41) is 4.37. The van der Waals surface area contributed by atoms with Gasteiger partial charge in [-0.2, -0.15) is 13.2 Å². The van der Waals surface area contributed by atoms with Crippen LogP contribution >= 0.6 is 23.2 Å². The van der Waals surface area contributed by atoms with E-state index in [1.165, 1.54) is 30.3 Å². The zero-order valence-electron chi connectivity index (χ0n) is 19.5. The lowest BCUT2D eigenvalue weighted by Gasteiger charge is -2.15. The van der Waals surface area contributed by atoms with Gasteiger partial charge in [0.1, 0.15) is 16.5 Å². The van der Waals surface area contributed by atoms with Gasteiger partial charge in [-0.15, -0.1) is 0 Å². The first kappa shape index (κ1) is 27.0. The SMILES string of the molecule is CCOc1ccc(N2C(=O)C(Cl)=C(Nc3ccc(C(=O)Nc4ccc(Cl)c(C(F)(F)F)c4)cc3)C2=O)cc1. The molecule has 0 unspecified atom stereocenters. The smallest absolute Gasteiger partial charge is 0.417 e. The molecule has 0 radical (unpaired) electrons. The molecule has 1 aliphatic heterocycles. The molecule has 7 nitrogen and oxygen atoms in total. The van der Waals surface area contributed by atoms with E-state index in [9.17, 15) is 27.6 Å². The molecule has 3 aromatic rings. The average molecular weight is 564 g/mol. The summed E-state index contributed by atoms with van der Waals surface area (Å²) < 4.78 is 44.6. The molecule has 0 aliphatic carbocycles. The number of hydrogen-bond donors (Lipinski definition) is 2. The van der Waals surface area contributed by atoms with Gasteiger partial charge in [0.2, 0.25) is 0 Å². The lowest BCUT2D eigenvalue weighted by atomic mass is 10.1. The van der Waals surface area contributed by atoms with E-state index in [4.69, 9.17) is 27.9 Å². The van der Waals surface area contributed by atoms with Gasteiger partial charge in [0.05, 0.1) is 22.9 Å². The van der Waals surface area contributed by atoms with Crippen molar-refractivity contribution in [2.75, 3.05) is 22.1 Å². The van der Waals surface area contributed by atoms with Gasteiger partial charge in [-0.3, -0.25) is 14.4 Å². The van der Waals surface area contributed by atoms with Crippen LogP contribution in [0.1, 0.15) is 22.8 Å². The maximum atomic E-state index is 13.1. The molecule has 38 heavy (non-hydrogen) atoms. The lowest BCUT2D eigenvalue weighted by molar-refractivity contribution is -0.137. The van der Waals surface area contributed by atoms with Gasteiger partial charge in [0, 0.05) is 16.9 Å². The highest BCUT2D eigenvalue weighted by Crippen LogP contribution is 2.36. The third kappa shape index (κ3) is 5.61. The number of carbonyl (C=O) groups excluding carboxylic acids is 3. The first-order valence-electron chi connectivity index (χ1n) is 11.1. The van der Waals surface area contributed by atoms with Crippen LogP contribution in [0.4, 0.5) is 30.2 Å². The van der Waals surface area contributed by atoms with Crippen molar-refractivity contribution in [3.63, 3.8) is 0 Å². The number of hydrogen-bond acceptors (Lipinski definition) is 5. The highest BCUT2D eigenvalue weighted by atomic mass is 35.5. The van der Waals surface area contributed by atoms with Crippen LogP contribution in [-0.4, -0.2) is 24.3 Å². The van der Waals surface area contributed by atoms with Gasteiger partial charge in [-0.05, 0) is 73.7 Å². The molecular formula is C26H18Cl2F3N3O4. The number of alkyl halides is 3. The number of halogens is 5. The minimum Gasteiger partial charge on any atom is -0.494 e. The Kier molecular flexibility index (Phi) is 7.66. The van der Waals surface area contributed by atoms with Crippen LogP contribution in [0.3, 0.4) is 0 Å². The van der Waals surface area contributed by atoms with Gasteiger partial charge in [-0.25, -0.2) is 4.90 Å². The maximum absolute atomic E-state index is 13.1. The van der Waals surface area contributed by atoms with Gasteiger partial charge in [0.25, 0.3) is 17.7 Å². The van der Waals surface area contributed by atoms with Crippen molar-refractivity contribution in [3.05, 3.63) is 93.6 Å². The van der Waals surface area contributed by atoms with Crippen LogP contribution in [0.2, 0.25) is 5.02 Å². The van der Waals surface area contributed by atoms with Crippen molar-refractivity contribution in [1.29, 1.82) is 0 Å². The van der Waals surface area contributed by atoms with Crippen LogP contribution in [0.5, 0.6) is 5.75 Å². The first-order valence-corrected chi connectivity index (χ1v) is 11.8. The van der Waals surface area contributed by atoms with E-state index in [1.54, 1.807) is 24.3 Å². The number of nitrogens with zero attached hydrogens (tertiary/aromatic N) is 1. The maximum Gasteiger partial charge on any atom is 0.417 e. The summed E-state index contributed by atoms with van der Waals surface area (Å²) in [5.41, 5.74) is -0.531. The Balaban J connectivity index is 1.46. The fraction of sp³-hybridized carbons (Fsp3) is 0.115. The zero-order chi connectivity index (χ0) is 27.6. The van der Waals surface area contributed by atoms with Crippen molar-refractivity contribution in [2.24, 2.45) is 0 Å². The summed E-state index contributed by atoms with van der Waals surface area (Å²) in [6.07, 6.45) is -4.68. The van der Waals surface area contributed by atoms with Crippen LogP contribution in [0.15, 0.2) is 77.5 Å². The van der Waals surface area contributed by atoms with Gasteiger partial charge >= 0.3 is 6.18 Å². The second-order valence-electron chi connectivity index (χ2n) is 7.91. The Hall–Kier alpha value is -4.02. The fourth-order valence-electron chi connectivity index (χ4n) is 3.58. The molecular weight excluding hydrogens is 546 g/mol. The molecule has 0 spiro atoms. The molecule has 0 fully saturated rings. The topological polar surface area (TPSA) is 87.7 Å². The number of carbonyl (C=O) groups is 3. The van der Waals surface area contributed by atoms with E-state index in [0.29, 0.717) is 23.7 Å². The Labute approximate surface area is 224 Å². The molecule has 0 atom stereocenters. The van der Waals surface area contributed by atoms with Crippen molar-refractivity contribution in [2.45, 2.75) is 13.1 Å². The monoisotopic (exact) mass is 563 g/mol. The predicted octanol–water partition coefficient (Wildman–Crippen LogP) is 6.45. The van der Waals surface area contributed by atoms with E-state index in [1.807, 2.05) is 6.92 Å². The van der Waals surface area contributed by atoms with E-state index >= 15 is 0 Å². The number of benzene rings is 3. The molecule has 196 valence electrons. The molecule has 3 amide bonds. The Morgan fingerprint density at radius 1 is 0.921 bits per heavy atom. The second kappa shape index (κ2) is 10.8. The zero-order valence-corrected chi connectivity index (χ0v) is 21.0. The van der Waals surface area contributed by atoms with Crippen molar-refractivity contribution in [1.82, 2.24) is 0 Å². The van der Waals surface area contributed by atoms with Gasteiger partial charge in [0.15, 0.2) is 0 Å². The Morgan fingerprint density at radius 3 is 2.16 bits per heavy atom. The Bertz CT molecular complexity index is 1440. The van der Waals surface area contributed by atoms with Crippen LogP contribution in [0.25, 0.3) is 0 Å². The Morgan fingerprint density at radius 2 is 1.55 bits per heavy atom. The molecule has 0 saturated carbocycles. The molecule has 1 heterocycles. The summed E-state index contributed by atoms with van der Waals surface area (Å²) in [4.78, 5) is 39.1. The van der Waals surface area contributed by atoms with Gasteiger partial charge < -0.3 is 15.4 Å². The number of ether oxygens (including phenoxy) is 1. The van der Waals surface area contributed by atoms with E-state index < -0.39 is 34.5 Å². The largest absolute Gasteiger partial charge is 0.494 e. The van der Waals surface area contributed by atoms with E-state index in [-0.39, 0.29) is 22.0 Å². The molecule has 0 aromatic heterocycles. The van der Waals surface area contributed by atoms with Gasteiger partial charge in [-0.1, -0.05) is 23.2 Å². The number of imide groups is 1. The van der Waals surface area contributed by atoms with E-state index in [2.05, 4.69) is 10.6 Å². The number of amides is 3. The second-order valence-corrected chi connectivity index (χ2v) is 8.70. The van der Waals surface area contributed by atoms with Crippen LogP contribution in [-0.2, 0) is 15.8 Å². The third-order valence-corrected chi connectivity index (χ3v) is 6.06. The summed E-state index contributed by atoms with van der Waals surface area (Å²) in [6.45, 7) is 2.29. The standard InChI is InChI=1S/C26H18Cl2F3N3O4/c1-2-38-18-10-8-17(9-11-18)34-24(36)21(28)22(25(34)37)32-15-5-3-14(4-6-15)23(35)33-16-7-12-20(27)19(13-16)26(29,30)31/h3-13,32H,2H2,1H3,(H,33,35). The van der Waals surface area contributed by atoms with Crippen LogP contribution in [0, 0.1) is 0 Å². The third-order valence-electron chi connectivity index (χ3n) is 5.38. The normalized spacial score (nSPS) is 13.7. The molecule has 4 rings (SSSR count). The minimum atomic E-state index is -4.68. The van der Waals surface area contributed by atoms with Crippen molar-refractivity contribution >= 4 is 58.0 Å². The summed E-state index contributed by atoms with van der Waals surface area (Å²) >= 11 is 11.8. The summed E-state index contributed by atoms with van der Waals surface area (Å²) in [5.74, 6) is -1.47. The number of nitrogens with one attached hydrogen (secondary N) is 2. The number of anilines is 3. The van der Waals surface area contributed by atoms with Crippen molar-refractivity contribution < 1.29 is 32.3 Å². The quantitative estimate of drug-likeness (QED) is 0.323.